The van der Waals surface area contributed by atoms with Gasteiger partial charge in [-0.1, -0.05) is 30.7 Å². The number of hydrogen-bond donors (Lipinski definition) is 1. The molecule has 0 fully saturated rings. The van der Waals surface area contributed by atoms with Crippen molar-refractivity contribution in [3.05, 3.63) is 35.4 Å². The zero-order chi connectivity index (χ0) is 12.1. The number of rotatable bonds is 3. The zero-order valence-electron chi connectivity index (χ0n) is 10.4. The summed E-state index contributed by atoms with van der Waals surface area (Å²) in [5, 5.41) is 12.4. The highest BCUT2D eigenvalue weighted by Gasteiger charge is 2.18. The summed E-state index contributed by atoms with van der Waals surface area (Å²) in [5.74, 6) is 0.0883. The Kier molecular flexibility index (Phi) is 4.17. The number of benzene rings is 1. The Morgan fingerprint density at radius 1 is 1.41 bits per heavy atom. The van der Waals surface area contributed by atoms with Crippen molar-refractivity contribution >= 4 is 0 Å². The molecule has 1 aromatic carbocycles. The van der Waals surface area contributed by atoms with Crippen LogP contribution in [-0.4, -0.2) is 6.54 Å². The lowest BCUT2D eigenvalue weighted by atomic mass is 9.99. The minimum Gasteiger partial charge on any atom is -0.309 e. The van der Waals surface area contributed by atoms with Gasteiger partial charge in [0.15, 0.2) is 0 Å². The van der Waals surface area contributed by atoms with Crippen molar-refractivity contribution in [2.45, 2.75) is 38.6 Å². The number of nitrogens with zero attached hydrogens (tertiary/aromatic N) is 1. The van der Waals surface area contributed by atoms with E-state index < -0.39 is 0 Å². The van der Waals surface area contributed by atoms with Gasteiger partial charge in [-0.05, 0) is 37.3 Å². The molecule has 2 heteroatoms. The first-order chi connectivity index (χ1) is 8.31. The van der Waals surface area contributed by atoms with Crippen LogP contribution in [0.4, 0.5) is 0 Å². The third-order valence-corrected chi connectivity index (χ3v) is 3.51. The molecule has 2 nitrogen and oxygen atoms in total. The lowest BCUT2D eigenvalue weighted by Gasteiger charge is -2.20. The third kappa shape index (κ3) is 3.08. The summed E-state index contributed by atoms with van der Waals surface area (Å²) in [6.07, 6.45) is 4.94. The van der Waals surface area contributed by atoms with E-state index in [2.05, 4.69) is 35.7 Å². The molecule has 17 heavy (non-hydrogen) atoms. The van der Waals surface area contributed by atoms with E-state index in [1.54, 1.807) is 0 Å². The molecule has 0 bridgehead atoms. The van der Waals surface area contributed by atoms with Crippen LogP contribution in [0.15, 0.2) is 24.3 Å². The van der Waals surface area contributed by atoms with Crippen molar-refractivity contribution < 1.29 is 0 Å². The normalized spacial score (nSPS) is 21.1. The number of hydrogen-bond acceptors (Lipinski definition) is 2. The molecule has 0 saturated carbocycles. The van der Waals surface area contributed by atoms with Crippen LogP contribution in [0.2, 0.25) is 0 Å². The fraction of sp³-hybridized carbons (Fsp3) is 0.533. The van der Waals surface area contributed by atoms with Crippen LogP contribution in [-0.2, 0) is 6.42 Å². The van der Waals surface area contributed by atoms with E-state index in [0.29, 0.717) is 6.04 Å². The maximum absolute atomic E-state index is 8.83. The Bertz CT molecular complexity index is 406. The number of nitriles is 1. The van der Waals surface area contributed by atoms with E-state index in [1.165, 1.54) is 36.8 Å². The molecule has 2 rings (SSSR count). The average Bonchev–Trinajstić information content (AvgIpc) is 2.58. The highest BCUT2D eigenvalue weighted by Crippen LogP contribution is 2.28. The van der Waals surface area contributed by atoms with Gasteiger partial charge in [-0.2, -0.15) is 5.26 Å². The summed E-state index contributed by atoms with van der Waals surface area (Å²) in [6, 6.07) is 11.4. The maximum Gasteiger partial charge on any atom is 0.0666 e. The van der Waals surface area contributed by atoms with Crippen LogP contribution in [0.5, 0.6) is 0 Å². The topological polar surface area (TPSA) is 35.8 Å². The van der Waals surface area contributed by atoms with Crippen molar-refractivity contribution in [3.8, 4) is 6.07 Å². The molecule has 0 amide bonds. The van der Waals surface area contributed by atoms with Crippen molar-refractivity contribution in [2.75, 3.05) is 6.54 Å². The molecule has 2 atom stereocenters. The fourth-order valence-corrected chi connectivity index (χ4v) is 2.50. The second kappa shape index (κ2) is 5.84. The van der Waals surface area contributed by atoms with Gasteiger partial charge in [0.05, 0.1) is 12.0 Å². The van der Waals surface area contributed by atoms with Crippen LogP contribution in [0.25, 0.3) is 0 Å². The van der Waals surface area contributed by atoms with E-state index in [9.17, 15) is 0 Å². The highest BCUT2D eigenvalue weighted by molar-refractivity contribution is 5.31. The van der Waals surface area contributed by atoms with E-state index in [4.69, 9.17) is 5.26 Å². The Morgan fingerprint density at radius 2 is 2.24 bits per heavy atom. The van der Waals surface area contributed by atoms with E-state index in [-0.39, 0.29) is 5.92 Å². The van der Waals surface area contributed by atoms with Crippen molar-refractivity contribution in [2.24, 2.45) is 5.92 Å². The number of nitrogens with one attached hydrogen (secondary N) is 1. The third-order valence-electron chi connectivity index (χ3n) is 3.51. The summed E-state index contributed by atoms with van der Waals surface area (Å²) in [4.78, 5) is 0. The molecule has 1 aliphatic rings. The van der Waals surface area contributed by atoms with Gasteiger partial charge in [0.25, 0.3) is 0 Å². The first kappa shape index (κ1) is 12.1. The number of aryl methyl sites for hydroxylation is 1. The van der Waals surface area contributed by atoms with Gasteiger partial charge < -0.3 is 5.32 Å². The minimum absolute atomic E-state index is 0.0883. The van der Waals surface area contributed by atoms with E-state index in [1.807, 2.05) is 6.92 Å². The first-order valence-electron chi connectivity index (χ1n) is 6.52. The summed E-state index contributed by atoms with van der Waals surface area (Å²) >= 11 is 0. The van der Waals surface area contributed by atoms with Gasteiger partial charge in [-0.15, -0.1) is 0 Å². The minimum atomic E-state index is 0.0883. The molecular formula is C15H20N2. The second-order valence-corrected chi connectivity index (χ2v) is 4.94. The van der Waals surface area contributed by atoms with Crippen molar-refractivity contribution in [3.63, 3.8) is 0 Å². The molecule has 0 radical (unpaired) electrons. The molecule has 1 aliphatic carbocycles. The Labute approximate surface area is 104 Å². The molecule has 1 N–H and O–H groups in total. The lowest BCUT2D eigenvalue weighted by molar-refractivity contribution is 0.466. The molecule has 0 aromatic heterocycles. The van der Waals surface area contributed by atoms with Crippen LogP contribution in [0, 0.1) is 17.2 Å². The average molecular weight is 228 g/mol. The van der Waals surface area contributed by atoms with Crippen molar-refractivity contribution in [1.29, 1.82) is 5.26 Å². The van der Waals surface area contributed by atoms with Crippen LogP contribution in [0.1, 0.15) is 43.4 Å². The number of fused-ring (bicyclic) bond motifs is 1. The SMILES string of the molecule is CC(C#N)CNC1CCCCc2ccccc21. The Morgan fingerprint density at radius 3 is 3.06 bits per heavy atom. The van der Waals surface area contributed by atoms with Crippen LogP contribution >= 0.6 is 0 Å². The van der Waals surface area contributed by atoms with Gasteiger partial charge in [0, 0.05) is 12.6 Å². The smallest absolute Gasteiger partial charge is 0.0666 e. The molecule has 0 aliphatic heterocycles. The highest BCUT2D eigenvalue weighted by atomic mass is 14.9. The van der Waals surface area contributed by atoms with Crippen LogP contribution < -0.4 is 5.32 Å². The van der Waals surface area contributed by atoms with Crippen molar-refractivity contribution in [1.82, 2.24) is 5.32 Å². The summed E-state index contributed by atoms with van der Waals surface area (Å²) in [6.45, 7) is 2.76. The van der Waals surface area contributed by atoms with E-state index >= 15 is 0 Å². The van der Waals surface area contributed by atoms with Gasteiger partial charge in [-0.3, -0.25) is 0 Å². The monoisotopic (exact) mass is 228 g/mol. The molecule has 0 saturated heterocycles. The van der Waals surface area contributed by atoms with Gasteiger partial charge >= 0.3 is 0 Å². The van der Waals surface area contributed by atoms with E-state index in [0.717, 1.165) is 6.54 Å². The molecule has 90 valence electrons. The largest absolute Gasteiger partial charge is 0.309 e. The molecular weight excluding hydrogens is 208 g/mol. The van der Waals surface area contributed by atoms with Crippen LogP contribution in [0.3, 0.4) is 0 Å². The Balaban J connectivity index is 2.09. The quantitative estimate of drug-likeness (QED) is 0.806. The molecule has 0 heterocycles. The van der Waals surface area contributed by atoms with Gasteiger partial charge in [-0.25, -0.2) is 0 Å². The maximum atomic E-state index is 8.83. The predicted molar refractivity (Wildman–Crippen MR) is 69.5 cm³/mol. The predicted octanol–water partition coefficient (Wildman–Crippen LogP) is 3.20. The molecule has 2 unspecified atom stereocenters. The Hall–Kier alpha value is -1.33. The standard InChI is InChI=1S/C15H20N2/c1-12(10-16)11-17-15-9-5-3-7-13-6-2-4-8-14(13)15/h2,4,6,8,12,15,17H,3,5,7,9,11H2,1H3. The molecule has 1 aromatic rings. The lowest BCUT2D eigenvalue weighted by Crippen LogP contribution is -2.26. The summed E-state index contributed by atoms with van der Waals surface area (Å²) in [5.41, 5.74) is 2.92. The first-order valence-corrected chi connectivity index (χ1v) is 6.52. The molecule has 0 spiro atoms. The zero-order valence-corrected chi connectivity index (χ0v) is 10.4. The van der Waals surface area contributed by atoms with Gasteiger partial charge in [0.2, 0.25) is 0 Å². The fourth-order valence-electron chi connectivity index (χ4n) is 2.50. The second-order valence-electron chi connectivity index (χ2n) is 4.94. The summed E-state index contributed by atoms with van der Waals surface area (Å²) in [7, 11) is 0. The summed E-state index contributed by atoms with van der Waals surface area (Å²) < 4.78 is 0. The van der Waals surface area contributed by atoms with Gasteiger partial charge in [0.1, 0.15) is 0 Å².